The maximum Gasteiger partial charge on any atom is 0.227 e. The lowest BCUT2D eigenvalue weighted by Gasteiger charge is -2.29. The minimum atomic E-state index is -0.565. The van der Waals surface area contributed by atoms with Crippen molar-refractivity contribution in [1.82, 2.24) is 14.7 Å². The molecule has 0 aliphatic carbocycles. The number of aryl methyl sites for hydroxylation is 1. The molecule has 0 aliphatic rings. The van der Waals surface area contributed by atoms with E-state index < -0.39 is 6.10 Å². The van der Waals surface area contributed by atoms with Gasteiger partial charge in [0, 0.05) is 25.7 Å². The largest absolute Gasteiger partial charge is 0.497 e. The van der Waals surface area contributed by atoms with Crippen molar-refractivity contribution >= 4 is 0 Å². The predicted molar refractivity (Wildman–Crippen MR) is 143 cm³/mol. The maximum atomic E-state index is 10.7. The Morgan fingerprint density at radius 3 is 2.31 bits per heavy atom. The molecule has 0 saturated heterocycles. The van der Waals surface area contributed by atoms with Gasteiger partial charge in [0.05, 0.1) is 36.8 Å². The lowest BCUT2D eigenvalue weighted by Crippen LogP contribution is -2.39. The van der Waals surface area contributed by atoms with Crippen molar-refractivity contribution < 1.29 is 19.3 Å². The summed E-state index contributed by atoms with van der Waals surface area (Å²) >= 11 is 0. The van der Waals surface area contributed by atoms with Gasteiger partial charge in [-0.2, -0.15) is 5.10 Å². The molecule has 1 unspecified atom stereocenters. The van der Waals surface area contributed by atoms with E-state index in [1.807, 2.05) is 59.3 Å². The number of aliphatic hydroxyl groups excluding tert-OH is 1. The molecule has 1 heterocycles. The second-order valence-electron chi connectivity index (χ2n) is 9.21. The Kier molecular flexibility index (Phi) is 10.8. The number of rotatable bonds is 15. The van der Waals surface area contributed by atoms with Crippen molar-refractivity contribution in [3.05, 3.63) is 65.9 Å². The summed E-state index contributed by atoms with van der Waals surface area (Å²) in [6.07, 6.45) is 2.29. The van der Waals surface area contributed by atoms with Crippen LogP contribution in [-0.2, 0) is 17.7 Å². The van der Waals surface area contributed by atoms with Gasteiger partial charge in [-0.25, -0.2) is 4.68 Å². The van der Waals surface area contributed by atoms with Crippen molar-refractivity contribution in [2.24, 2.45) is 0 Å². The minimum absolute atomic E-state index is 0.217. The zero-order valence-electron chi connectivity index (χ0n) is 22.3. The van der Waals surface area contributed by atoms with Gasteiger partial charge in [0.15, 0.2) is 0 Å². The van der Waals surface area contributed by atoms with E-state index >= 15 is 0 Å². The van der Waals surface area contributed by atoms with Crippen LogP contribution < -0.4 is 9.47 Å². The summed E-state index contributed by atoms with van der Waals surface area (Å²) in [6, 6.07) is 17.8. The highest BCUT2D eigenvalue weighted by Crippen LogP contribution is 2.33. The molecule has 0 radical (unpaired) electrons. The average Bonchev–Trinajstić information content (AvgIpc) is 3.24. The van der Waals surface area contributed by atoms with Gasteiger partial charge in [-0.15, -0.1) is 0 Å². The van der Waals surface area contributed by atoms with Gasteiger partial charge < -0.3 is 19.3 Å². The molecule has 3 aromatic rings. The third-order valence-electron chi connectivity index (χ3n) is 6.12. The van der Waals surface area contributed by atoms with E-state index in [0.29, 0.717) is 37.9 Å². The van der Waals surface area contributed by atoms with E-state index in [1.54, 1.807) is 7.11 Å². The smallest absolute Gasteiger partial charge is 0.227 e. The second-order valence-corrected chi connectivity index (χ2v) is 9.21. The van der Waals surface area contributed by atoms with E-state index in [1.165, 1.54) is 0 Å². The third-order valence-corrected chi connectivity index (χ3v) is 6.12. The first-order valence-electron chi connectivity index (χ1n) is 12.9. The molecule has 0 bridgehead atoms. The number of para-hydroxylation sites is 1. The highest BCUT2D eigenvalue weighted by molar-refractivity contribution is 5.44. The van der Waals surface area contributed by atoms with Crippen molar-refractivity contribution in [1.29, 1.82) is 0 Å². The van der Waals surface area contributed by atoms with Crippen molar-refractivity contribution in [2.45, 2.75) is 65.6 Å². The predicted octanol–water partition coefficient (Wildman–Crippen LogP) is 5.62. The van der Waals surface area contributed by atoms with E-state index in [9.17, 15) is 5.11 Å². The topological polar surface area (TPSA) is 69.0 Å². The molecule has 3 rings (SSSR count). The van der Waals surface area contributed by atoms with Gasteiger partial charge in [0.2, 0.25) is 5.88 Å². The van der Waals surface area contributed by atoms with Crippen LogP contribution in [0.2, 0.25) is 0 Å². The Hall–Kier alpha value is -2.87. The number of aliphatic hydroxyl groups is 1. The summed E-state index contributed by atoms with van der Waals surface area (Å²) in [7, 11) is 1.65. The lowest BCUT2D eigenvalue weighted by atomic mass is 10.1. The van der Waals surface area contributed by atoms with Crippen LogP contribution in [0, 0.1) is 0 Å². The van der Waals surface area contributed by atoms with Gasteiger partial charge in [-0.1, -0.05) is 38.5 Å². The highest BCUT2D eigenvalue weighted by atomic mass is 16.5. The molecule has 0 fully saturated rings. The number of hydrogen-bond acceptors (Lipinski definition) is 6. The number of nitrogens with zero attached hydrogens (tertiary/aromatic N) is 3. The monoisotopic (exact) mass is 495 g/mol. The van der Waals surface area contributed by atoms with Crippen LogP contribution in [0.5, 0.6) is 17.4 Å². The quantitative estimate of drug-likeness (QED) is 0.276. The molecule has 1 aromatic heterocycles. The summed E-state index contributed by atoms with van der Waals surface area (Å²) < 4.78 is 19.3. The second kappa shape index (κ2) is 14.0. The summed E-state index contributed by atoms with van der Waals surface area (Å²) in [5.41, 5.74) is 2.93. The van der Waals surface area contributed by atoms with Crippen LogP contribution in [0.15, 0.2) is 54.6 Å². The molecule has 36 heavy (non-hydrogen) atoms. The molecular weight excluding hydrogens is 454 g/mol. The van der Waals surface area contributed by atoms with Crippen molar-refractivity contribution in [2.75, 3.05) is 26.9 Å². The molecule has 7 nitrogen and oxygen atoms in total. The highest BCUT2D eigenvalue weighted by Gasteiger charge is 2.25. The van der Waals surface area contributed by atoms with E-state index in [2.05, 4.69) is 32.6 Å². The van der Waals surface area contributed by atoms with Gasteiger partial charge in [-0.05, 0) is 63.1 Å². The molecule has 0 amide bonds. The average molecular weight is 496 g/mol. The Bertz CT molecular complexity index is 1030. The molecule has 1 N–H and O–H groups in total. The zero-order chi connectivity index (χ0) is 25.9. The van der Waals surface area contributed by atoms with Crippen LogP contribution >= 0.6 is 0 Å². The maximum absolute atomic E-state index is 10.7. The van der Waals surface area contributed by atoms with E-state index in [4.69, 9.17) is 19.3 Å². The van der Waals surface area contributed by atoms with Crippen molar-refractivity contribution in [3.8, 4) is 23.1 Å². The molecule has 2 aromatic carbocycles. The van der Waals surface area contributed by atoms with Gasteiger partial charge in [-0.3, -0.25) is 4.90 Å². The molecule has 0 aliphatic heterocycles. The fraction of sp³-hybridized carbons (Fsp3) is 0.483. The van der Waals surface area contributed by atoms with Crippen LogP contribution in [0.3, 0.4) is 0 Å². The number of benzene rings is 2. The Balaban J connectivity index is 1.92. The van der Waals surface area contributed by atoms with Gasteiger partial charge >= 0.3 is 0 Å². The SMILES string of the molecule is CCCCOCC(O)CN(Cc1c(CC)nn(-c2ccccc2)c1Oc1ccc(OC)cc1)C(C)C. The fourth-order valence-corrected chi connectivity index (χ4v) is 3.98. The van der Waals surface area contributed by atoms with Crippen molar-refractivity contribution in [3.63, 3.8) is 0 Å². The first-order chi connectivity index (χ1) is 17.5. The van der Waals surface area contributed by atoms with Crippen LogP contribution in [-0.4, -0.2) is 58.8 Å². The Morgan fingerprint density at radius 2 is 1.69 bits per heavy atom. The zero-order valence-corrected chi connectivity index (χ0v) is 22.3. The fourth-order valence-electron chi connectivity index (χ4n) is 3.98. The standard InChI is InChI=1S/C29H41N3O4/c1-6-8-18-35-21-24(33)19-31(22(3)4)20-27-28(7-2)30-32(23-12-10-9-11-13-23)29(27)36-26-16-14-25(34-5)15-17-26/h9-17,22,24,33H,6-8,18-21H2,1-5H3. The van der Waals surface area contributed by atoms with Gasteiger partial charge in [0.25, 0.3) is 0 Å². The first kappa shape index (κ1) is 27.7. The minimum Gasteiger partial charge on any atom is -0.497 e. The summed E-state index contributed by atoms with van der Waals surface area (Å²) in [5.74, 6) is 2.16. The summed E-state index contributed by atoms with van der Waals surface area (Å²) in [5, 5.41) is 15.6. The lowest BCUT2D eigenvalue weighted by molar-refractivity contribution is 0.00841. The molecule has 0 saturated carbocycles. The Labute approximate surface area is 215 Å². The molecular formula is C29H41N3O4. The molecule has 196 valence electrons. The molecule has 1 atom stereocenters. The van der Waals surface area contributed by atoms with Crippen LogP contribution in [0.4, 0.5) is 0 Å². The molecule has 7 heteroatoms. The van der Waals surface area contributed by atoms with Gasteiger partial charge in [0.1, 0.15) is 11.5 Å². The van der Waals surface area contributed by atoms with Crippen LogP contribution in [0.1, 0.15) is 51.8 Å². The normalized spacial score (nSPS) is 12.3. The number of ether oxygens (including phenoxy) is 3. The Morgan fingerprint density at radius 1 is 1.00 bits per heavy atom. The first-order valence-corrected chi connectivity index (χ1v) is 12.9. The van der Waals surface area contributed by atoms with E-state index in [0.717, 1.165) is 42.0 Å². The number of hydrogen-bond donors (Lipinski definition) is 1. The molecule has 0 spiro atoms. The number of aromatic nitrogens is 2. The number of unbranched alkanes of at least 4 members (excludes halogenated alkanes) is 1. The van der Waals surface area contributed by atoms with Crippen LogP contribution in [0.25, 0.3) is 5.69 Å². The van der Waals surface area contributed by atoms with E-state index in [-0.39, 0.29) is 6.04 Å². The third kappa shape index (κ3) is 7.56. The number of methoxy groups -OCH3 is 1. The summed E-state index contributed by atoms with van der Waals surface area (Å²) in [6.45, 7) is 10.6. The summed E-state index contributed by atoms with van der Waals surface area (Å²) in [4.78, 5) is 2.25.